The van der Waals surface area contributed by atoms with Crippen LogP contribution < -0.4 is 26.2 Å². The van der Waals surface area contributed by atoms with E-state index >= 15 is 0 Å². The Morgan fingerprint density at radius 1 is 0.221 bits per heavy atom. The van der Waals surface area contributed by atoms with Crippen LogP contribution in [0.5, 0.6) is 0 Å². The molecule has 0 fully saturated rings. The Labute approximate surface area is 713 Å². The smallest absolute Gasteiger partial charge is 0.252 e. The first kappa shape index (κ1) is 60.4. The molecule has 122 heavy (non-hydrogen) atoms. The van der Waals surface area contributed by atoms with Crippen LogP contribution in [0.15, 0.2) is 432 Å². The summed E-state index contributed by atoms with van der Waals surface area (Å²) in [4.78, 5) is 5.03. The zero-order valence-electron chi connectivity index (χ0n) is 73.3. The van der Waals surface area contributed by atoms with Gasteiger partial charge in [0.05, 0.1) is 44.4 Å². The molecule has 0 unspecified atom stereocenters. The molecule has 26 rings (SSSR count). The van der Waals surface area contributed by atoms with Gasteiger partial charge < -0.3 is 32.2 Å². The van der Waals surface area contributed by atoms with Crippen LogP contribution in [0.4, 0.5) is 34.1 Å². The average molecular weight is 1560 g/mol. The van der Waals surface area contributed by atoms with E-state index < -0.39 is 55.1 Å². The fourth-order valence-electron chi connectivity index (χ4n) is 20.1. The summed E-state index contributed by atoms with van der Waals surface area (Å²) >= 11 is 0. The van der Waals surface area contributed by atoms with Crippen LogP contribution in [-0.2, 0) is 0 Å². The molecule has 0 saturated heterocycles. The molecule has 0 aliphatic carbocycles. The first-order chi connectivity index (χ1) is 63.8. The highest BCUT2D eigenvalue weighted by Crippen LogP contribution is 2.58. The average Bonchev–Trinajstić information content (AvgIpc) is 0.781. The molecular formula is C114H69BN4O3. The van der Waals surface area contributed by atoms with Crippen molar-refractivity contribution in [1.29, 1.82) is 0 Å². The number of rotatable bonds is 11. The summed E-state index contributed by atoms with van der Waals surface area (Å²) in [5.41, 5.74) is 28.3. The van der Waals surface area contributed by atoms with E-state index in [-0.39, 0.29) is 21.8 Å². The van der Waals surface area contributed by atoms with Gasteiger partial charge in [-0.25, -0.2) is 0 Å². The van der Waals surface area contributed by atoms with E-state index in [0.29, 0.717) is 17.0 Å². The van der Waals surface area contributed by atoms with E-state index in [4.69, 9.17) is 13.3 Å². The van der Waals surface area contributed by atoms with Gasteiger partial charge >= 0.3 is 0 Å². The highest BCUT2D eigenvalue weighted by molar-refractivity contribution is 7.00. The number of hydrogen-bond acceptors (Lipinski definition) is 5. The van der Waals surface area contributed by atoms with E-state index in [0.717, 1.165) is 210 Å². The number of nitrogens with zero attached hydrogens (tertiary/aromatic N) is 4. The van der Waals surface area contributed by atoms with Gasteiger partial charge in [-0.05, 0) is 199 Å². The second-order valence-corrected chi connectivity index (χ2v) is 31.8. The lowest BCUT2D eigenvalue weighted by Gasteiger charge is -2.46. The Balaban J connectivity index is 0.888. The lowest BCUT2D eigenvalue weighted by atomic mass is 9.33. The van der Waals surface area contributed by atoms with Crippen LogP contribution in [0.2, 0.25) is 0 Å². The normalized spacial score (nSPS) is 13.5. The molecule has 0 amide bonds. The van der Waals surface area contributed by atoms with Crippen molar-refractivity contribution in [2.24, 2.45) is 0 Å². The minimum Gasteiger partial charge on any atom is -0.456 e. The summed E-state index contributed by atoms with van der Waals surface area (Å²) in [6.07, 6.45) is 0. The maximum Gasteiger partial charge on any atom is 0.252 e. The maximum atomic E-state index is 10.1. The largest absolute Gasteiger partial charge is 0.456 e. The van der Waals surface area contributed by atoms with Crippen molar-refractivity contribution in [3.63, 3.8) is 0 Å². The van der Waals surface area contributed by atoms with E-state index in [2.05, 4.69) is 324 Å². The van der Waals surface area contributed by atoms with E-state index in [9.17, 15) is 11.0 Å². The Morgan fingerprint density at radius 2 is 0.598 bits per heavy atom. The molecule has 0 bridgehead atoms. The monoisotopic (exact) mass is 1560 g/mol. The second kappa shape index (κ2) is 26.7. The Kier molecular flexibility index (Phi) is 13.2. The SMILES string of the molecule is [2H]c1c([2H])c([2H])c2c(c1[2H])c1c([2H])c([2H])c([2H])c([2H])c1n2-c1ccc2c(c1)N(c1c(-c3ccccc3)cc(-c3ccccc3)cc1-c1cccc3oc4ccccc4c13)c1cc(-c3ccc4oc5ccccc5c4c3)cc3c1B2c1ccc(-n2c4ccccc4c4ccccc42)cc1N3c1c(-c2ccccc2)cc(-c2ccccc2)cc1-c1cccc2oc3ccccc3c12. The van der Waals surface area contributed by atoms with E-state index in [1.165, 1.54) is 0 Å². The number of benzene rings is 19. The van der Waals surface area contributed by atoms with Crippen LogP contribution in [0, 0.1) is 0 Å². The van der Waals surface area contributed by atoms with Crippen LogP contribution in [0.25, 0.3) is 199 Å². The van der Waals surface area contributed by atoms with Gasteiger partial charge in [-0.1, -0.05) is 291 Å². The molecule has 7 nitrogen and oxygen atoms in total. The summed E-state index contributed by atoms with van der Waals surface area (Å²) in [6, 6.07) is 127. The minimum absolute atomic E-state index is 0.00232. The van der Waals surface area contributed by atoms with Gasteiger partial charge in [-0.3, -0.25) is 0 Å². The molecule has 2 aliphatic heterocycles. The number of anilines is 6. The predicted molar refractivity (Wildman–Crippen MR) is 509 cm³/mol. The lowest BCUT2D eigenvalue weighted by Crippen LogP contribution is -2.61. The molecule has 0 spiro atoms. The van der Waals surface area contributed by atoms with Crippen molar-refractivity contribution in [2.75, 3.05) is 9.80 Å². The number of furan rings is 3. The Morgan fingerprint density at radius 3 is 1.09 bits per heavy atom. The van der Waals surface area contributed by atoms with Gasteiger partial charge in [0, 0.05) is 110 Å². The molecule has 0 radical (unpaired) electrons. The van der Waals surface area contributed by atoms with Crippen molar-refractivity contribution in [3.8, 4) is 89.3 Å². The van der Waals surface area contributed by atoms with Crippen LogP contribution in [0.1, 0.15) is 11.0 Å². The predicted octanol–water partition coefficient (Wildman–Crippen LogP) is 29.3. The third-order valence-corrected chi connectivity index (χ3v) is 25.3. The molecule has 0 atom stereocenters. The van der Waals surface area contributed by atoms with Crippen LogP contribution in [0.3, 0.4) is 0 Å². The molecule has 5 aromatic heterocycles. The summed E-state index contributed by atoms with van der Waals surface area (Å²) < 4.78 is 102. The van der Waals surface area contributed by atoms with Crippen molar-refractivity contribution >= 4 is 167 Å². The van der Waals surface area contributed by atoms with Crippen molar-refractivity contribution < 1.29 is 24.2 Å². The van der Waals surface area contributed by atoms with Gasteiger partial charge in [-0.15, -0.1) is 0 Å². The Bertz CT molecular complexity index is 8880. The molecule has 0 saturated carbocycles. The van der Waals surface area contributed by atoms with Crippen molar-refractivity contribution in [1.82, 2.24) is 9.13 Å². The minimum atomic E-state index is -0.659. The van der Waals surface area contributed by atoms with Crippen LogP contribution in [-0.4, -0.2) is 15.8 Å². The molecule has 19 aromatic carbocycles. The number of fused-ring (bicyclic) bond motifs is 19. The fourth-order valence-corrected chi connectivity index (χ4v) is 20.1. The van der Waals surface area contributed by atoms with Gasteiger partial charge in [-0.2, -0.15) is 0 Å². The summed E-state index contributed by atoms with van der Waals surface area (Å²) in [5, 5.41) is 7.79. The Hall–Kier alpha value is -16.2. The molecule has 2 aliphatic rings. The first-order valence-corrected chi connectivity index (χ1v) is 41.2. The number of hydrogen-bond donors (Lipinski definition) is 0. The summed E-state index contributed by atoms with van der Waals surface area (Å²) in [6.45, 7) is -0.659. The molecule has 7 heterocycles. The third-order valence-electron chi connectivity index (χ3n) is 25.3. The zero-order chi connectivity index (χ0) is 86.7. The molecular weight excluding hydrogens is 1480 g/mol. The highest BCUT2D eigenvalue weighted by atomic mass is 16.3. The third kappa shape index (κ3) is 10.2. The molecule has 24 aromatic rings. The maximum absolute atomic E-state index is 10.1. The molecule has 566 valence electrons. The van der Waals surface area contributed by atoms with Crippen molar-refractivity contribution in [2.45, 2.75) is 0 Å². The highest BCUT2D eigenvalue weighted by Gasteiger charge is 2.47. The van der Waals surface area contributed by atoms with Gasteiger partial charge in [0.15, 0.2) is 0 Å². The first-order valence-electron chi connectivity index (χ1n) is 45.2. The topological polar surface area (TPSA) is 55.8 Å². The lowest BCUT2D eigenvalue weighted by molar-refractivity contribution is 0.668. The zero-order valence-corrected chi connectivity index (χ0v) is 65.3. The second-order valence-electron chi connectivity index (χ2n) is 31.8. The summed E-state index contributed by atoms with van der Waals surface area (Å²) in [7, 11) is 0. The summed E-state index contributed by atoms with van der Waals surface area (Å²) in [5.74, 6) is 0. The molecule has 8 heteroatoms. The van der Waals surface area contributed by atoms with E-state index in [1.807, 2.05) is 60.7 Å². The van der Waals surface area contributed by atoms with Gasteiger partial charge in [0.2, 0.25) is 0 Å². The fraction of sp³-hybridized carbons (Fsp3) is 0. The van der Waals surface area contributed by atoms with Gasteiger partial charge in [0.1, 0.15) is 33.5 Å². The van der Waals surface area contributed by atoms with Crippen LogP contribution >= 0.6 is 0 Å². The molecule has 0 N–H and O–H groups in total. The quantitative estimate of drug-likeness (QED) is 0.121. The van der Waals surface area contributed by atoms with Crippen molar-refractivity contribution in [3.05, 3.63) is 418 Å². The van der Waals surface area contributed by atoms with E-state index in [1.54, 1.807) is 4.57 Å². The number of aromatic nitrogens is 2. The standard InChI is InChI=1S/C114H69BN4O3/c1-5-29-70(30-6-1)75-62-89(72-33-9-3-10-34-72)113(92(64-75)85-44-27-53-108-110(85)87-42-18-25-51-105(87)121-108)118-100-68-78(116-96-46-20-13-37-80(96)81-38-14-21-47-97(81)116)56-58-94(100)115-95-59-57-79(117-98-48-22-15-39-82(98)83-40-16-23-49-99(83)117)69-101(95)119(103-67-77(66-102(118)112(103)115)74-55-60-107-91(61-74)84-41-17-24-50-104(84)120-107)114-90(73-35-11-4-12-36-73)63-76(71-31-7-2-8-32-71)65-93(114)86-45-28-54-109-111(86)88-43-19-26-52-106(88)122-109/h1-69H/i13D,14D,20D,21D,37D,38D,46D,47D. The number of para-hydroxylation sites is 7. The van der Waals surface area contributed by atoms with Gasteiger partial charge in [0.25, 0.3) is 6.71 Å².